The largest absolute Gasteiger partial charge is 0.507 e. The van der Waals surface area contributed by atoms with Crippen molar-refractivity contribution in [2.45, 2.75) is 38.6 Å². The lowest BCUT2D eigenvalue weighted by atomic mass is 9.88. The molecule has 222 valence electrons. The van der Waals surface area contributed by atoms with Gasteiger partial charge in [0.25, 0.3) is 0 Å². The van der Waals surface area contributed by atoms with Gasteiger partial charge in [-0.2, -0.15) is 0 Å². The highest BCUT2D eigenvalue weighted by molar-refractivity contribution is 6.17. The molecule has 1 saturated heterocycles. The van der Waals surface area contributed by atoms with Gasteiger partial charge in [0.2, 0.25) is 0 Å². The number of fused-ring (bicyclic) bond motifs is 3. The third kappa shape index (κ3) is 5.50. The third-order valence-electron chi connectivity index (χ3n) is 8.33. The summed E-state index contributed by atoms with van der Waals surface area (Å²) in [6.07, 6.45) is 7.51. The minimum Gasteiger partial charge on any atom is -0.507 e. The summed E-state index contributed by atoms with van der Waals surface area (Å²) >= 11 is 0. The van der Waals surface area contributed by atoms with Crippen LogP contribution in [0.1, 0.15) is 58.1 Å². The molecule has 0 saturated carbocycles. The number of hydrogen-bond acceptors (Lipinski definition) is 8. The summed E-state index contributed by atoms with van der Waals surface area (Å²) in [5.41, 5.74) is 3.58. The van der Waals surface area contributed by atoms with Crippen LogP contribution in [-0.2, 0) is 11.2 Å². The highest BCUT2D eigenvalue weighted by atomic mass is 16.5. The Hall–Kier alpha value is -4.56. The Morgan fingerprint density at radius 3 is 2.53 bits per heavy atom. The molecule has 1 fully saturated rings. The molecule has 1 aliphatic heterocycles. The second kappa shape index (κ2) is 12.4. The van der Waals surface area contributed by atoms with Gasteiger partial charge < -0.3 is 23.7 Å². The summed E-state index contributed by atoms with van der Waals surface area (Å²) < 4.78 is 23.1. The number of methoxy groups -OCH3 is 2. The first-order valence-electron chi connectivity index (χ1n) is 14.7. The molecule has 5 aromatic rings. The second-order valence-corrected chi connectivity index (χ2v) is 10.9. The monoisotopic (exact) mass is 580 g/mol. The number of esters is 1. The molecule has 8 nitrogen and oxygen atoms in total. The Kier molecular flexibility index (Phi) is 8.20. The van der Waals surface area contributed by atoms with E-state index in [-0.39, 0.29) is 11.8 Å². The lowest BCUT2D eigenvalue weighted by molar-refractivity contribution is 0.0600. The number of piperidine rings is 1. The minimum atomic E-state index is -0.505. The molecular formula is C35H36N2O6. The van der Waals surface area contributed by atoms with Crippen molar-refractivity contribution < 1.29 is 28.5 Å². The number of rotatable bonds is 9. The van der Waals surface area contributed by atoms with Gasteiger partial charge in [-0.05, 0) is 86.4 Å². The zero-order chi connectivity index (χ0) is 29.9. The Morgan fingerprint density at radius 1 is 1.00 bits per heavy atom. The first-order valence-corrected chi connectivity index (χ1v) is 14.7. The SMILES string of the molecule is COC(=O)c1c(C)oc2c1c(C(c1ccncc1)N1CCCCC1)c(O)c1ccc(OCCc3cccc(OC)c3)cc12. The number of carbonyl (C=O) groups is 1. The Morgan fingerprint density at radius 2 is 1.79 bits per heavy atom. The van der Waals surface area contributed by atoms with Crippen LogP contribution in [0.25, 0.3) is 21.7 Å². The summed E-state index contributed by atoms with van der Waals surface area (Å²) in [6.45, 7) is 3.96. The number of benzene rings is 3. The van der Waals surface area contributed by atoms with Crippen LogP contribution in [0.4, 0.5) is 0 Å². The fraction of sp³-hybridized carbons (Fsp3) is 0.314. The highest BCUT2D eigenvalue weighted by Gasteiger charge is 2.34. The predicted octanol–water partition coefficient (Wildman–Crippen LogP) is 6.99. The Balaban J connectivity index is 1.49. The molecule has 8 heteroatoms. The topological polar surface area (TPSA) is 94.3 Å². The van der Waals surface area contributed by atoms with Crippen molar-refractivity contribution in [3.8, 4) is 17.2 Å². The maximum absolute atomic E-state index is 13.2. The Bertz CT molecular complexity index is 1760. The van der Waals surface area contributed by atoms with E-state index in [4.69, 9.17) is 18.6 Å². The number of aromatic nitrogens is 1. The van der Waals surface area contributed by atoms with Gasteiger partial charge in [-0.15, -0.1) is 0 Å². The average molecular weight is 581 g/mol. The van der Waals surface area contributed by atoms with Crippen LogP contribution < -0.4 is 9.47 Å². The van der Waals surface area contributed by atoms with E-state index in [1.807, 2.05) is 54.6 Å². The number of aryl methyl sites for hydroxylation is 1. The fourth-order valence-corrected chi connectivity index (χ4v) is 6.27. The van der Waals surface area contributed by atoms with E-state index in [1.54, 1.807) is 26.4 Å². The summed E-state index contributed by atoms with van der Waals surface area (Å²) in [4.78, 5) is 19.8. The number of nitrogens with zero attached hydrogens (tertiary/aromatic N) is 2. The van der Waals surface area contributed by atoms with E-state index in [0.29, 0.717) is 57.4 Å². The third-order valence-corrected chi connectivity index (χ3v) is 8.33. The lowest BCUT2D eigenvalue weighted by Gasteiger charge is -2.36. The number of likely N-dealkylation sites (tertiary alicyclic amines) is 1. The van der Waals surface area contributed by atoms with E-state index in [1.165, 1.54) is 7.11 Å². The second-order valence-electron chi connectivity index (χ2n) is 10.9. The van der Waals surface area contributed by atoms with Crippen LogP contribution in [0.5, 0.6) is 17.2 Å². The highest BCUT2D eigenvalue weighted by Crippen LogP contribution is 2.48. The number of carbonyl (C=O) groups excluding carboxylic acids is 1. The molecule has 0 aliphatic carbocycles. The zero-order valence-electron chi connectivity index (χ0n) is 24.8. The van der Waals surface area contributed by atoms with Gasteiger partial charge in [0.05, 0.1) is 26.9 Å². The van der Waals surface area contributed by atoms with Gasteiger partial charge in [-0.1, -0.05) is 18.6 Å². The maximum Gasteiger partial charge on any atom is 0.342 e. The molecule has 6 rings (SSSR count). The van der Waals surface area contributed by atoms with E-state index in [0.717, 1.165) is 49.2 Å². The minimum absolute atomic E-state index is 0.115. The predicted molar refractivity (Wildman–Crippen MR) is 165 cm³/mol. The zero-order valence-corrected chi connectivity index (χ0v) is 24.8. The van der Waals surface area contributed by atoms with E-state index in [2.05, 4.69) is 9.88 Å². The number of ether oxygens (including phenoxy) is 3. The van der Waals surface area contributed by atoms with Gasteiger partial charge in [0.15, 0.2) is 0 Å². The molecule has 0 amide bonds. The van der Waals surface area contributed by atoms with Crippen LogP contribution in [0.15, 0.2) is 71.4 Å². The lowest BCUT2D eigenvalue weighted by Crippen LogP contribution is -2.34. The molecule has 1 atom stereocenters. The molecular weight excluding hydrogens is 544 g/mol. The maximum atomic E-state index is 13.2. The van der Waals surface area contributed by atoms with Crippen molar-refractivity contribution in [2.75, 3.05) is 33.9 Å². The Labute approximate surface area is 250 Å². The van der Waals surface area contributed by atoms with Gasteiger partial charge in [0, 0.05) is 40.5 Å². The van der Waals surface area contributed by atoms with Gasteiger partial charge >= 0.3 is 5.97 Å². The van der Waals surface area contributed by atoms with Crippen molar-refractivity contribution in [1.82, 2.24) is 9.88 Å². The number of phenolic OH excluding ortho intramolecular Hbond substituents is 1. The van der Waals surface area contributed by atoms with Crippen LogP contribution >= 0.6 is 0 Å². The first-order chi connectivity index (χ1) is 21.0. The molecule has 3 heterocycles. The van der Waals surface area contributed by atoms with Crippen LogP contribution in [0, 0.1) is 6.92 Å². The van der Waals surface area contributed by atoms with E-state index in [9.17, 15) is 9.90 Å². The quantitative estimate of drug-likeness (QED) is 0.187. The van der Waals surface area contributed by atoms with Gasteiger partial charge in [0.1, 0.15) is 34.2 Å². The number of phenols is 1. The molecule has 0 bridgehead atoms. The van der Waals surface area contributed by atoms with E-state index < -0.39 is 5.97 Å². The molecule has 0 spiro atoms. The van der Waals surface area contributed by atoms with Crippen molar-refractivity contribution >= 4 is 27.7 Å². The number of hydrogen-bond donors (Lipinski definition) is 1. The van der Waals surface area contributed by atoms with Crippen molar-refractivity contribution in [3.63, 3.8) is 0 Å². The molecule has 0 radical (unpaired) electrons. The summed E-state index contributed by atoms with van der Waals surface area (Å²) in [6, 6.07) is 17.1. The molecule has 2 aromatic heterocycles. The average Bonchev–Trinajstić information content (AvgIpc) is 3.40. The summed E-state index contributed by atoms with van der Waals surface area (Å²) in [5, 5.41) is 13.9. The number of aromatic hydroxyl groups is 1. The summed E-state index contributed by atoms with van der Waals surface area (Å²) in [5.74, 6) is 1.49. The van der Waals surface area contributed by atoms with Crippen molar-refractivity contribution in [3.05, 3.63) is 95.0 Å². The standard InChI is InChI=1S/C35H36N2O6/c1-22-29(35(39)41-3)30-31(32(24-12-15-36-16-13-24)37-17-5-4-6-18-37)33(38)27-11-10-26(21-28(27)34(30)43-22)42-19-14-23-8-7-9-25(20-23)40-2/h7-13,15-16,20-21,32,38H,4-6,14,17-19H2,1-3H3. The first kappa shape index (κ1) is 28.6. The van der Waals surface area contributed by atoms with Gasteiger partial charge in [-0.25, -0.2) is 4.79 Å². The molecule has 1 unspecified atom stereocenters. The smallest absolute Gasteiger partial charge is 0.342 e. The normalized spacial score (nSPS) is 14.6. The molecule has 1 aliphatic rings. The molecule has 3 aromatic carbocycles. The van der Waals surface area contributed by atoms with Crippen molar-refractivity contribution in [1.29, 1.82) is 0 Å². The number of furan rings is 1. The van der Waals surface area contributed by atoms with Crippen LogP contribution in [-0.4, -0.2) is 54.9 Å². The van der Waals surface area contributed by atoms with Crippen LogP contribution in [0.3, 0.4) is 0 Å². The fourth-order valence-electron chi connectivity index (χ4n) is 6.27. The molecule has 43 heavy (non-hydrogen) atoms. The van der Waals surface area contributed by atoms with Gasteiger partial charge in [-0.3, -0.25) is 9.88 Å². The van der Waals surface area contributed by atoms with Crippen molar-refractivity contribution in [2.24, 2.45) is 0 Å². The van der Waals surface area contributed by atoms with Crippen LogP contribution in [0.2, 0.25) is 0 Å². The number of pyridine rings is 1. The van der Waals surface area contributed by atoms with E-state index >= 15 is 0 Å². The summed E-state index contributed by atoms with van der Waals surface area (Å²) in [7, 11) is 3.01. The molecule has 1 N–H and O–H groups in total.